The fourth-order valence-corrected chi connectivity index (χ4v) is 5.45. The van der Waals surface area contributed by atoms with E-state index in [0.29, 0.717) is 11.8 Å². The van der Waals surface area contributed by atoms with Gasteiger partial charge in [0.1, 0.15) is 0 Å². The van der Waals surface area contributed by atoms with Gasteiger partial charge in [-0.1, -0.05) is 97.8 Å². The summed E-state index contributed by atoms with van der Waals surface area (Å²) in [7, 11) is 0. The third-order valence-electron chi connectivity index (χ3n) is 6.95. The van der Waals surface area contributed by atoms with Crippen LogP contribution in [0.5, 0.6) is 0 Å². The molecule has 0 heteroatoms. The molecule has 0 spiro atoms. The lowest BCUT2D eigenvalue weighted by Gasteiger charge is -2.40. The van der Waals surface area contributed by atoms with Crippen molar-refractivity contribution in [2.45, 2.75) is 39.0 Å². The Kier molecular flexibility index (Phi) is 3.49. The van der Waals surface area contributed by atoms with Crippen LogP contribution in [0.1, 0.15) is 58.7 Å². The first kappa shape index (κ1) is 16.6. The molecule has 3 aromatic carbocycles. The molecule has 27 heavy (non-hydrogen) atoms. The number of hydrogen-bond acceptors (Lipinski definition) is 0. The summed E-state index contributed by atoms with van der Waals surface area (Å²) < 4.78 is 0. The summed E-state index contributed by atoms with van der Waals surface area (Å²) in [4.78, 5) is 0. The number of hydrogen-bond donors (Lipinski definition) is 0. The number of aryl methyl sites for hydroxylation is 2. The minimum absolute atomic E-state index is 0.0472. The van der Waals surface area contributed by atoms with Gasteiger partial charge in [0.2, 0.25) is 0 Å². The number of allylic oxidation sites excluding steroid dienone is 1. The first-order valence-electron chi connectivity index (χ1n) is 10.00. The Morgan fingerprint density at radius 1 is 0.778 bits per heavy atom. The quantitative estimate of drug-likeness (QED) is 0.453. The molecule has 2 aliphatic rings. The van der Waals surface area contributed by atoms with Crippen molar-refractivity contribution in [2.24, 2.45) is 5.92 Å². The molecule has 0 radical (unpaired) electrons. The Labute approximate surface area is 162 Å². The van der Waals surface area contributed by atoms with Gasteiger partial charge in [-0.3, -0.25) is 0 Å². The first-order valence-corrected chi connectivity index (χ1v) is 10.00. The van der Waals surface area contributed by atoms with Crippen molar-refractivity contribution in [1.29, 1.82) is 0 Å². The monoisotopic (exact) mass is 350 g/mol. The molecule has 0 heterocycles. The summed E-state index contributed by atoms with van der Waals surface area (Å²) in [5, 5.41) is 0. The van der Waals surface area contributed by atoms with Crippen molar-refractivity contribution in [3.8, 4) is 0 Å². The minimum Gasteiger partial charge on any atom is -0.0711 e. The SMILES string of the molecule is Cc1ccc(C2=C[C@H]3[C@H](C)c4ccccc4[C@@]3(C)c3cc(C)ccc32)cc1. The van der Waals surface area contributed by atoms with Crippen LogP contribution in [0.15, 0.2) is 72.8 Å². The highest BCUT2D eigenvalue weighted by Crippen LogP contribution is 2.59. The molecule has 0 nitrogen and oxygen atoms in total. The van der Waals surface area contributed by atoms with Gasteiger partial charge in [0.25, 0.3) is 0 Å². The zero-order chi connectivity index (χ0) is 18.8. The van der Waals surface area contributed by atoms with Crippen molar-refractivity contribution < 1.29 is 0 Å². The lowest BCUT2D eigenvalue weighted by Crippen LogP contribution is -2.33. The first-order chi connectivity index (χ1) is 13.0. The molecule has 3 atom stereocenters. The normalized spacial score (nSPS) is 25.4. The average Bonchev–Trinajstić information content (AvgIpc) is 2.91. The fraction of sp³-hybridized carbons (Fsp3) is 0.259. The molecule has 0 aromatic heterocycles. The minimum atomic E-state index is 0.0472. The standard InChI is InChI=1S/C27H26/c1-17-9-12-20(13-10-17)23-16-25-19(3)21-7-5-6-8-24(21)27(25,4)26-15-18(2)11-14-22(23)26/h5-16,19,25H,1-4H3/t19-,25+,27-/m1/s1. The molecule has 0 bridgehead atoms. The zero-order valence-corrected chi connectivity index (χ0v) is 16.6. The number of benzene rings is 3. The Balaban J connectivity index is 1.81. The van der Waals surface area contributed by atoms with E-state index in [1.807, 2.05) is 0 Å². The van der Waals surface area contributed by atoms with Crippen molar-refractivity contribution in [2.75, 3.05) is 0 Å². The summed E-state index contributed by atoms with van der Waals surface area (Å²) in [6.45, 7) is 9.23. The predicted octanol–water partition coefficient (Wildman–Crippen LogP) is 6.79. The highest BCUT2D eigenvalue weighted by molar-refractivity contribution is 5.85. The molecule has 5 rings (SSSR count). The van der Waals surface area contributed by atoms with Gasteiger partial charge < -0.3 is 0 Å². The molecule has 0 saturated heterocycles. The summed E-state index contributed by atoms with van der Waals surface area (Å²) in [6, 6.07) is 25.1. The Bertz CT molecular complexity index is 1070. The van der Waals surface area contributed by atoms with E-state index < -0.39 is 0 Å². The van der Waals surface area contributed by atoms with Crippen LogP contribution in [-0.2, 0) is 5.41 Å². The largest absolute Gasteiger partial charge is 0.0711 e. The van der Waals surface area contributed by atoms with E-state index in [9.17, 15) is 0 Å². The molecule has 134 valence electrons. The molecule has 2 aliphatic carbocycles. The summed E-state index contributed by atoms with van der Waals surface area (Å²) in [5.41, 5.74) is 11.3. The average molecular weight is 351 g/mol. The molecule has 0 N–H and O–H groups in total. The van der Waals surface area contributed by atoms with Crippen LogP contribution >= 0.6 is 0 Å². The van der Waals surface area contributed by atoms with Gasteiger partial charge in [-0.15, -0.1) is 0 Å². The van der Waals surface area contributed by atoms with Gasteiger partial charge in [-0.2, -0.15) is 0 Å². The maximum atomic E-state index is 2.56. The second-order valence-corrected chi connectivity index (χ2v) is 8.60. The van der Waals surface area contributed by atoms with Crippen LogP contribution in [0.3, 0.4) is 0 Å². The van der Waals surface area contributed by atoms with Gasteiger partial charge in [0, 0.05) is 5.41 Å². The molecule has 0 saturated carbocycles. The van der Waals surface area contributed by atoms with Crippen LogP contribution in [0.4, 0.5) is 0 Å². The van der Waals surface area contributed by atoms with E-state index in [1.54, 1.807) is 0 Å². The molecule has 0 fully saturated rings. The lowest BCUT2D eigenvalue weighted by molar-refractivity contribution is 0.406. The van der Waals surface area contributed by atoms with E-state index in [1.165, 1.54) is 44.5 Å². The third-order valence-corrected chi connectivity index (χ3v) is 6.95. The Morgan fingerprint density at radius 2 is 1.48 bits per heavy atom. The summed E-state index contributed by atoms with van der Waals surface area (Å²) in [5.74, 6) is 1.01. The van der Waals surface area contributed by atoms with E-state index in [0.717, 1.165) is 0 Å². The number of fused-ring (bicyclic) bond motifs is 5. The molecule has 3 aromatic rings. The van der Waals surface area contributed by atoms with Gasteiger partial charge in [0.15, 0.2) is 0 Å². The highest BCUT2D eigenvalue weighted by Gasteiger charge is 2.50. The van der Waals surface area contributed by atoms with Crippen LogP contribution in [0.25, 0.3) is 5.57 Å². The summed E-state index contributed by atoms with van der Waals surface area (Å²) >= 11 is 0. The molecular formula is C27H26. The van der Waals surface area contributed by atoms with E-state index in [-0.39, 0.29) is 5.41 Å². The topological polar surface area (TPSA) is 0 Å². The van der Waals surface area contributed by atoms with Crippen molar-refractivity contribution in [1.82, 2.24) is 0 Å². The molecule has 0 unspecified atom stereocenters. The van der Waals surface area contributed by atoms with Crippen LogP contribution in [0.2, 0.25) is 0 Å². The van der Waals surface area contributed by atoms with E-state index in [2.05, 4.69) is 101 Å². The molecule has 0 amide bonds. The van der Waals surface area contributed by atoms with Crippen molar-refractivity contribution >= 4 is 5.57 Å². The predicted molar refractivity (Wildman–Crippen MR) is 114 cm³/mol. The zero-order valence-electron chi connectivity index (χ0n) is 16.6. The van der Waals surface area contributed by atoms with E-state index >= 15 is 0 Å². The molecule has 0 aliphatic heterocycles. The van der Waals surface area contributed by atoms with Gasteiger partial charge in [-0.25, -0.2) is 0 Å². The maximum absolute atomic E-state index is 2.56. The summed E-state index contributed by atoms with van der Waals surface area (Å²) in [6.07, 6.45) is 2.56. The second kappa shape index (κ2) is 5.70. The Morgan fingerprint density at radius 3 is 2.26 bits per heavy atom. The van der Waals surface area contributed by atoms with Crippen LogP contribution < -0.4 is 0 Å². The van der Waals surface area contributed by atoms with Crippen LogP contribution in [-0.4, -0.2) is 0 Å². The Hall–Kier alpha value is -2.60. The smallest absolute Gasteiger partial charge is 0.0252 e. The highest BCUT2D eigenvalue weighted by atomic mass is 14.5. The number of rotatable bonds is 1. The van der Waals surface area contributed by atoms with Gasteiger partial charge >= 0.3 is 0 Å². The van der Waals surface area contributed by atoms with Crippen molar-refractivity contribution in [3.05, 3.63) is 112 Å². The van der Waals surface area contributed by atoms with E-state index in [4.69, 9.17) is 0 Å². The molecular weight excluding hydrogens is 324 g/mol. The maximum Gasteiger partial charge on any atom is 0.0252 e. The van der Waals surface area contributed by atoms with Gasteiger partial charge in [-0.05, 0) is 59.1 Å². The third kappa shape index (κ3) is 2.22. The van der Waals surface area contributed by atoms with Crippen LogP contribution in [0, 0.1) is 19.8 Å². The van der Waals surface area contributed by atoms with Gasteiger partial charge in [0.05, 0.1) is 0 Å². The fourth-order valence-electron chi connectivity index (χ4n) is 5.45. The second-order valence-electron chi connectivity index (χ2n) is 8.60. The lowest BCUT2D eigenvalue weighted by atomic mass is 9.63. The van der Waals surface area contributed by atoms with Crippen molar-refractivity contribution in [3.63, 3.8) is 0 Å².